The average molecular weight is 291 g/mol. The molecule has 0 aliphatic heterocycles. The number of rotatable bonds is 7. The molecule has 0 unspecified atom stereocenters. The first kappa shape index (κ1) is 17.7. The van der Waals surface area contributed by atoms with Gasteiger partial charge < -0.3 is 21.5 Å². The largest absolute Gasteiger partial charge is 0.480 e. The Kier molecular flexibility index (Phi) is 7.47. The third-order valence-corrected chi connectivity index (χ3v) is 2.93. The smallest absolute Gasteiger partial charge is 0.325 e. The van der Waals surface area contributed by atoms with Gasteiger partial charge in [-0.25, -0.2) is 0 Å². The van der Waals surface area contributed by atoms with Crippen molar-refractivity contribution in [1.82, 2.24) is 10.6 Å². The lowest BCUT2D eigenvalue weighted by atomic mass is 10.0. The maximum absolute atomic E-state index is 11.7. The Balaban J connectivity index is 4.54. The normalized spacial score (nSPS) is 15.5. The number of carboxylic acid groups (broad SMARTS) is 1. The van der Waals surface area contributed by atoms with E-state index in [1.54, 1.807) is 13.8 Å². The van der Waals surface area contributed by atoms with Gasteiger partial charge in [0, 0.05) is 5.75 Å². The molecule has 0 aromatic heterocycles. The Hall–Kier alpha value is -1.28. The molecule has 0 aliphatic carbocycles. The Morgan fingerprint density at radius 1 is 1.16 bits per heavy atom. The lowest BCUT2D eigenvalue weighted by Crippen LogP contribution is -2.55. The number of aliphatic carboxylic acids is 1. The van der Waals surface area contributed by atoms with Crippen molar-refractivity contribution >= 4 is 30.4 Å². The van der Waals surface area contributed by atoms with Gasteiger partial charge in [-0.15, -0.1) is 0 Å². The lowest BCUT2D eigenvalue weighted by molar-refractivity contribution is -0.141. The van der Waals surface area contributed by atoms with Gasteiger partial charge in [0.25, 0.3) is 0 Å². The zero-order chi connectivity index (χ0) is 15.2. The minimum absolute atomic E-state index is 0.0503. The van der Waals surface area contributed by atoms with Crippen LogP contribution in [0.15, 0.2) is 0 Å². The van der Waals surface area contributed by atoms with Gasteiger partial charge in [0.2, 0.25) is 11.8 Å². The van der Waals surface area contributed by atoms with Gasteiger partial charge in [-0.05, 0) is 12.8 Å². The number of thiol groups is 1. The quantitative estimate of drug-likeness (QED) is 0.384. The molecular formula is C11H21N3O4S. The molecular weight excluding hydrogens is 270 g/mol. The molecule has 0 rings (SSSR count). The molecule has 0 aromatic rings. The Morgan fingerprint density at radius 3 is 2.05 bits per heavy atom. The van der Waals surface area contributed by atoms with Crippen LogP contribution in [0, 0.1) is 5.92 Å². The number of hydrogen-bond acceptors (Lipinski definition) is 5. The van der Waals surface area contributed by atoms with E-state index in [4.69, 9.17) is 10.8 Å². The van der Waals surface area contributed by atoms with Crippen molar-refractivity contribution in [3.05, 3.63) is 0 Å². The molecule has 0 spiro atoms. The summed E-state index contributed by atoms with van der Waals surface area (Å²) in [6.07, 6.45) is 0. The van der Waals surface area contributed by atoms with E-state index in [1.165, 1.54) is 6.92 Å². The molecule has 0 heterocycles. The molecule has 0 saturated carbocycles. The van der Waals surface area contributed by atoms with Crippen LogP contribution in [0.5, 0.6) is 0 Å². The summed E-state index contributed by atoms with van der Waals surface area (Å²) in [6, 6.07) is -2.68. The highest BCUT2D eigenvalue weighted by Crippen LogP contribution is 2.00. The van der Waals surface area contributed by atoms with Crippen molar-refractivity contribution in [3.8, 4) is 0 Å². The molecule has 0 aliphatic rings. The molecule has 0 saturated heterocycles. The van der Waals surface area contributed by atoms with E-state index in [-0.39, 0.29) is 11.7 Å². The van der Waals surface area contributed by atoms with Gasteiger partial charge >= 0.3 is 5.97 Å². The van der Waals surface area contributed by atoms with Crippen molar-refractivity contribution < 1.29 is 19.5 Å². The summed E-state index contributed by atoms with van der Waals surface area (Å²) in [4.78, 5) is 34.1. The highest BCUT2D eigenvalue weighted by atomic mass is 32.1. The zero-order valence-electron chi connectivity index (χ0n) is 11.2. The maximum atomic E-state index is 11.7. The van der Waals surface area contributed by atoms with E-state index in [0.717, 1.165) is 0 Å². The van der Waals surface area contributed by atoms with Crippen LogP contribution in [0.1, 0.15) is 20.8 Å². The summed E-state index contributed by atoms with van der Waals surface area (Å²) in [6.45, 7) is 4.90. The highest BCUT2D eigenvalue weighted by molar-refractivity contribution is 7.80. The van der Waals surface area contributed by atoms with Crippen LogP contribution in [0.3, 0.4) is 0 Å². The van der Waals surface area contributed by atoms with E-state index in [2.05, 4.69) is 23.3 Å². The second-order valence-electron chi connectivity index (χ2n) is 4.58. The summed E-state index contributed by atoms with van der Waals surface area (Å²) in [5, 5.41) is 13.4. The molecule has 8 heteroatoms. The minimum Gasteiger partial charge on any atom is -0.480 e. The molecule has 5 N–H and O–H groups in total. The van der Waals surface area contributed by atoms with Gasteiger partial charge in [0.1, 0.15) is 12.1 Å². The predicted octanol–water partition coefficient (Wildman–Crippen LogP) is -1.03. The Bertz CT molecular complexity index is 349. The first-order valence-corrected chi connectivity index (χ1v) is 6.54. The van der Waals surface area contributed by atoms with Crippen LogP contribution in [-0.4, -0.2) is 46.8 Å². The van der Waals surface area contributed by atoms with Crippen molar-refractivity contribution in [1.29, 1.82) is 0 Å². The zero-order valence-corrected chi connectivity index (χ0v) is 12.1. The van der Waals surface area contributed by atoms with E-state index < -0.39 is 35.9 Å². The second-order valence-corrected chi connectivity index (χ2v) is 4.95. The Morgan fingerprint density at radius 2 is 1.68 bits per heavy atom. The molecule has 110 valence electrons. The molecule has 0 aromatic carbocycles. The molecule has 7 nitrogen and oxygen atoms in total. The van der Waals surface area contributed by atoms with Gasteiger partial charge in [-0.2, -0.15) is 12.6 Å². The molecule has 2 amide bonds. The monoisotopic (exact) mass is 291 g/mol. The van der Waals surface area contributed by atoms with Crippen LogP contribution in [0.25, 0.3) is 0 Å². The molecule has 0 fully saturated rings. The maximum Gasteiger partial charge on any atom is 0.325 e. The summed E-state index contributed by atoms with van der Waals surface area (Å²) < 4.78 is 0. The van der Waals surface area contributed by atoms with Gasteiger partial charge in [0.05, 0.1) is 6.04 Å². The van der Waals surface area contributed by atoms with Crippen molar-refractivity contribution in [2.45, 2.75) is 38.9 Å². The van der Waals surface area contributed by atoms with Crippen molar-refractivity contribution in [2.24, 2.45) is 11.7 Å². The van der Waals surface area contributed by atoms with E-state index in [1.807, 2.05) is 0 Å². The molecule has 3 atom stereocenters. The number of nitrogens with one attached hydrogen (secondary N) is 2. The predicted molar refractivity (Wildman–Crippen MR) is 73.8 cm³/mol. The van der Waals surface area contributed by atoms with Gasteiger partial charge in [0.15, 0.2) is 0 Å². The van der Waals surface area contributed by atoms with Crippen molar-refractivity contribution in [2.75, 3.05) is 5.75 Å². The van der Waals surface area contributed by atoms with Gasteiger partial charge in [-0.1, -0.05) is 13.8 Å². The topological polar surface area (TPSA) is 122 Å². The first-order chi connectivity index (χ1) is 8.70. The number of carbonyl (C=O) groups excluding carboxylic acids is 2. The molecule has 19 heavy (non-hydrogen) atoms. The van der Waals surface area contributed by atoms with Crippen LogP contribution in [0.4, 0.5) is 0 Å². The van der Waals surface area contributed by atoms with E-state index >= 15 is 0 Å². The average Bonchev–Trinajstić information content (AvgIpc) is 2.33. The highest BCUT2D eigenvalue weighted by Gasteiger charge is 2.26. The standard InChI is InChI=1S/C11H21N3O4S/c1-5(2)8(12)10(16)14-7(4-19)9(15)13-6(3)11(17)18/h5-8,19H,4,12H2,1-3H3,(H,13,15)(H,14,16)(H,17,18)/t6-,7-,8-/m0/s1. The minimum atomic E-state index is -1.16. The summed E-state index contributed by atoms with van der Waals surface area (Å²) in [5.41, 5.74) is 5.65. The van der Waals surface area contributed by atoms with Crippen LogP contribution in [-0.2, 0) is 14.4 Å². The van der Waals surface area contributed by atoms with E-state index in [9.17, 15) is 14.4 Å². The third-order valence-electron chi connectivity index (χ3n) is 2.57. The van der Waals surface area contributed by atoms with Gasteiger partial charge in [-0.3, -0.25) is 14.4 Å². The summed E-state index contributed by atoms with van der Waals surface area (Å²) >= 11 is 3.96. The number of amides is 2. The fourth-order valence-corrected chi connectivity index (χ4v) is 1.40. The van der Waals surface area contributed by atoms with Crippen LogP contribution >= 0.6 is 12.6 Å². The molecule has 0 radical (unpaired) electrons. The summed E-state index contributed by atoms with van der Waals surface area (Å²) in [7, 11) is 0. The van der Waals surface area contributed by atoms with Crippen LogP contribution < -0.4 is 16.4 Å². The number of nitrogens with two attached hydrogens (primary N) is 1. The van der Waals surface area contributed by atoms with Crippen molar-refractivity contribution in [3.63, 3.8) is 0 Å². The first-order valence-electron chi connectivity index (χ1n) is 5.90. The third kappa shape index (κ3) is 5.93. The second kappa shape index (κ2) is 8.00. The number of carboxylic acids is 1. The fourth-order valence-electron chi connectivity index (χ4n) is 1.14. The Labute approximate surface area is 117 Å². The van der Waals surface area contributed by atoms with Crippen LogP contribution in [0.2, 0.25) is 0 Å². The molecule has 0 bridgehead atoms. The summed E-state index contributed by atoms with van der Waals surface area (Å²) in [5.74, 6) is -2.24. The fraction of sp³-hybridized carbons (Fsp3) is 0.727. The number of hydrogen-bond donors (Lipinski definition) is 5. The lowest BCUT2D eigenvalue weighted by Gasteiger charge is -2.21. The van der Waals surface area contributed by atoms with E-state index in [0.29, 0.717) is 0 Å². The SMILES string of the molecule is CC(C)[C@H](N)C(=O)N[C@@H](CS)C(=O)N[C@@H](C)C(=O)O. The number of carbonyl (C=O) groups is 3.